The van der Waals surface area contributed by atoms with Crippen LogP contribution in [-0.2, 0) is 10.0 Å². The number of carbonyl (C=O) groups is 1. The van der Waals surface area contributed by atoms with Crippen molar-refractivity contribution >= 4 is 15.9 Å². The molecule has 160 valence electrons. The zero-order valence-corrected chi connectivity index (χ0v) is 17.5. The molecular formula is C20H30N4O4S. The van der Waals surface area contributed by atoms with Crippen molar-refractivity contribution in [3.05, 3.63) is 17.5 Å². The van der Waals surface area contributed by atoms with Gasteiger partial charge >= 0.3 is 0 Å². The summed E-state index contributed by atoms with van der Waals surface area (Å²) < 4.78 is 33.8. The second-order valence-corrected chi connectivity index (χ2v) is 11.2. The van der Waals surface area contributed by atoms with E-state index in [-0.39, 0.29) is 29.3 Å². The third kappa shape index (κ3) is 3.84. The van der Waals surface area contributed by atoms with Crippen LogP contribution in [0.2, 0.25) is 0 Å². The Morgan fingerprint density at radius 2 is 1.90 bits per heavy atom. The van der Waals surface area contributed by atoms with Gasteiger partial charge in [0, 0.05) is 36.7 Å². The topological polar surface area (TPSA) is 105 Å². The van der Waals surface area contributed by atoms with Crippen molar-refractivity contribution in [2.45, 2.75) is 87.1 Å². The predicted octanol–water partition coefficient (Wildman–Crippen LogP) is 1.75. The monoisotopic (exact) mass is 422 g/mol. The van der Waals surface area contributed by atoms with E-state index in [1.165, 1.54) is 0 Å². The summed E-state index contributed by atoms with van der Waals surface area (Å²) in [6.07, 6.45) is 8.05. The number of sulfonamides is 1. The molecule has 4 fully saturated rings. The third-order valence-corrected chi connectivity index (χ3v) is 9.39. The van der Waals surface area contributed by atoms with Crippen molar-refractivity contribution in [2.75, 3.05) is 13.1 Å². The van der Waals surface area contributed by atoms with Gasteiger partial charge in [-0.1, -0.05) is 11.6 Å². The lowest BCUT2D eigenvalue weighted by Gasteiger charge is -2.39. The standard InChI is InChI=1S/C20H30N4O4S/c25-20(18-11-19(28-23-18)13-4-5-13)22-14-9-15-6-7-16(10-14)24(15)29(26,27)17-3-1-2-8-21-12-17/h11,13-17,21H,1-10,12H2,(H,22,25)/t14-,15+,16-,17-/m0/s1. The number of fused-ring (bicyclic) bond motifs is 2. The Hall–Kier alpha value is -1.45. The van der Waals surface area contributed by atoms with E-state index in [9.17, 15) is 13.2 Å². The zero-order valence-electron chi connectivity index (χ0n) is 16.7. The molecule has 5 rings (SSSR count). The van der Waals surface area contributed by atoms with Crippen molar-refractivity contribution in [3.63, 3.8) is 0 Å². The van der Waals surface area contributed by atoms with Crippen LogP contribution in [0.5, 0.6) is 0 Å². The molecule has 1 saturated carbocycles. The number of rotatable bonds is 5. The Bertz CT molecular complexity index is 844. The molecule has 0 spiro atoms. The van der Waals surface area contributed by atoms with Gasteiger partial charge in [-0.3, -0.25) is 4.79 Å². The summed E-state index contributed by atoms with van der Waals surface area (Å²) in [7, 11) is -3.32. The molecule has 1 aromatic rings. The number of piperidine rings is 1. The predicted molar refractivity (Wildman–Crippen MR) is 107 cm³/mol. The summed E-state index contributed by atoms with van der Waals surface area (Å²) in [4.78, 5) is 12.6. The number of nitrogens with one attached hydrogen (secondary N) is 2. The van der Waals surface area contributed by atoms with Gasteiger partial charge in [0.1, 0.15) is 5.76 Å². The van der Waals surface area contributed by atoms with Gasteiger partial charge in [-0.25, -0.2) is 8.42 Å². The van der Waals surface area contributed by atoms with Crippen molar-refractivity contribution < 1.29 is 17.7 Å². The first-order valence-electron chi connectivity index (χ1n) is 11.0. The van der Waals surface area contributed by atoms with E-state index in [2.05, 4.69) is 15.8 Å². The molecule has 4 heterocycles. The van der Waals surface area contributed by atoms with Gasteiger partial charge in [0.2, 0.25) is 10.0 Å². The van der Waals surface area contributed by atoms with E-state index in [1.807, 2.05) is 0 Å². The molecule has 3 saturated heterocycles. The molecule has 0 radical (unpaired) electrons. The van der Waals surface area contributed by atoms with Crippen molar-refractivity contribution in [2.24, 2.45) is 0 Å². The first kappa shape index (κ1) is 19.5. The summed E-state index contributed by atoms with van der Waals surface area (Å²) in [5, 5.41) is 9.95. The normalized spacial score (nSPS) is 33.4. The molecule has 2 bridgehead atoms. The summed E-state index contributed by atoms with van der Waals surface area (Å²) in [5.74, 6) is 1.01. The van der Waals surface area contributed by atoms with Crippen LogP contribution in [0.1, 0.15) is 80.0 Å². The maximum Gasteiger partial charge on any atom is 0.273 e. The highest BCUT2D eigenvalue weighted by atomic mass is 32.2. The fourth-order valence-corrected chi connectivity index (χ4v) is 7.65. The minimum Gasteiger partial charge on any atom is -0.360 e. The molecule has 8 nitrogen and oxygen atoms in total. The zero-order chi connectivity index (χ0) is 20.0. The highest BCUT2D eigenvalue weighted by Gasteiger charge is 2.49. The van der Waals surface area contributed by atoms with Crippen LogP contribution >= 0.6 is 0 Å². The van der Waals surface area contributed by atoms with E-state index in [0.29, 0.717) is 31.0 Å². The molecular weight excluding hydrogens is 392 g/mol. The van der Waals surface area contributed by atoms with Gasteiger partial charge in [0.15, 0.2) is 5.69 Å². The van der Waals surface area contributed by atoms with Crippen LogP contribution in [-0.4, -0.2) is 60.3 Å². The number of amides is 1. The Balaban J connectivity index is 1.24. The van der Waals surface area contributed by atoms with Crippen LogP contribution in [0.25, 0.3) is 0 Å². The van der Waals surface area contributed by atoms with E-state index >= 15 is 0 Å². The lowest BCUT2D eigenvalue weighted by Crippen LogP contribution is -2.55. The van der Waals surface area contributed by atoms with Gasteiger partial charge in [-0.15, -0.1) is 0 Å². The summed E-state index contributed by atoms with van der Waals surface area (Å²) in [6.45, 7) is 1.45. The van der Waals surface area contributed by atoms with Gasteiger partial charge in [0.25, 0.3) is 5.91 Å². The SMILES string of the molecule is O=C(N[C@H]1C[C@H]2CC[C@@H](C1)N2S(=O)(=O)[C@H]1CCCCNC1)c1cc(C2CC2)on1. The Kier molecular flexibility index (Phi) is 5.16. The minimum absolute atomic E-state index is 0.00774. The van der Waals surface area contributed by atoms with Crippen LogP contribution in [0, 0.1) is 0 Å². The highest BCUT2D eigenvalue weighted by molar-refractivity contribution is 7.89. The lowest BCUT2D eigenvalue weighted by atomic mass is 9.99. The molecule has 2 N–H and O–H groups in total. The Morgan fingerprint density at radius 3 is 2.62 bits per heavy atom. The van der Waals surface area contributed by atoms with Crippen LogP contribution in [0.15, 0.2) is 10.6 Å². The number of hydrogen-bond donors (Lipinski definition) is 2. The number of carbonyl (C=O) groups excluding carboxylic acids is 1. The number of aromatic nitrogens is 1. The third-order valence-electron chi connectivity index (χ3n) is 6.96. The molecule has 1 aliphatic carbocycles. The quantitative estimate of drug-likeness (QED) is 0.749. The first-order chi connectivity index (χ1) is 14.0. The van der Waals surface area contributed by atoms with Crippen molar-refractivity contribution in [1.82, 2.24) is 20.1 Å². The molecule has 1 aromatic heterocycles. The maximum atomic E-state index is 13.4. The average Bonchev–Trinajstić information content (AvgIpc) is 3.43. The van der Waals surface area contributed by atoms with E-state index in [0.717, 1.165) is 57.3 Å². The molecule has 0 unspecified atom stereocenters. The molecule has 29 heavy (non-hydrogen) atoms. The second kappa shape index (κ2) is 7.67. The fourth-order valence-electron chi connectivity index (χ4n) is 5.30. The largest absolute Gasteiger partial charge is 0.360 e. The first-order valence-corrected chi connectivity index (χ1v) is 12.5. The van der Waals surface area contributed by atoms with Gasteiger partial charge in [0.05, 0.1) is 5.25 Å². The van der Waals surface area contributed by atoms with Crippen LogP contribution in [0.3, 0.4) is 0 Å². The molecule has 0 aromatic carbocycles. The minimum atomic E-state index is -3.32. The summed E-state index contributed by atoms with van der Waals surface area (Å²) >= 11 is 0. The Morgan fingerprint density at radius 1 is 1.14 bits per heavy atom. The van der Waals surface area contributed by atoms with Gasteiger partial charge in [-0.05, 0) is 57.9 Å². The second-order valence-electron chi connectivity index (χ2n) is 9.11. The highest BCUT2D eigenvalue weighted by Crippen LogP contribution is 2.41. The van der Waals surface area contributed by atoms with Gasteiger partial charge < -0.3 is 15.2 Å². The summed E-state index contributed by atoms with van der Waals surface area (Å²) in [5.41, 5.74) is 0.332. The Labute approximate surface area is 171 Å². The van der Waals surface area contributed by atoms with Crippen molar-refractivity contribution in [3.8, 4) is 0 Å². The van der Waals surface area contributed by atoms with Crippen LogP contribution in [0.4, 0.5) is 0 Å². The van der Waals surface area contributed by atoms with Crippen LogP contribution < -0.4 is 10.6 Å². The van der Waals surface area contributed by atoms with Gasteiger partial charge in [-0.2, -0.15) is 4.31 Å². The number of nitrogens with zero attached hydrogens (tertiary/aromatic N) is 2. The van der Waals surface area contributed by atoms with E-state index < -0.39 is 10.0 Å². The summed E-state index contributed by atoms with van der Waals surface area (Å²) in [6, 6.07) is 1.72. The molecule has 9 heteroatoms. The average molecular weight is 423 g/mol. The van der Waals surface area contributed by atoms with E-state index in [1.54, 1.807) is 10.4 Å². The van der Waals surface area contributed by atoms with E-state index in [4.69, 9.17) is 4.52 Å². The molecule has 1 amide bonds. The maximum absolute atomic E-state index is 13.4. The van der Waals surface area contributed by atoms with Crippen molar-refractivity contribution in [1.29, 1.82) is 0 Å². The fraction of sp³-hybridized carbons (Fsp3) is 0.800. The molecule has 4 aliphatic rings. The lowest BCUT2D eigenvalue weighted by molar-refractivity contribution is 0.0899. The smallest absolute Gasteiger partial charge is 0.273 e. The molecule has 4 atom stereocenters. The molecule has 3 aliphatic heterocycles. The number of hydrogen-bond acceptors (Lipinski definition) is 6.